The molecular weight excluding hydrogens is 455 g/mol. The molecule has 180 valence electrons. The summed E-state index contributed by atoms with van der Waals surface area (Å²) in [7, 11) is 0. The Kier molecular flexibility index (Phi) is 9.44. The van der Waals surface area contributed by atoms with Gasteiger partial charge in [0.2, 0.25) is 17.7 Å². The first-order chi connectivity index (χ1) is 15.2. The summed E-state index contributed by atoms with van der Waals surface area (Å²) in [5, 5.41) is 6.45. The largest absolute Gasteiger partial charge is 0.491 e. The van der Waals surface area contributed by atoms with Gasteiger partial charge in [-0.1, -0.05) is 0 Å². The normalized spacial score (nSPS) is 13.6. The quantitative estimate of drug-likeness (QED) is 0.250. The summed E-state index contributed by atoms with van der Waals surface area (Å²) in [6.07, 6.45) is -3.74. The molecule has 12 nitrogen and oxygen atoms in total. The van der Waals surface area contributed by atoms with Gasteiger partial charge in [-0.15, -0.1) is 0 Å². The fourth-order valence-corrected chi connectivity index (χ4v) is 2.16. The summed E-state index contributed by atoms with van der Waals surface area (Å²) >= 11 is 0. The average Bonchev–Trinajstić information content (AvgIpc) is 2.72. The molecule has 33 heavy (non-hydrogen) atoms. The zero-order valence-corrected chi connectivity index (χ0v) is 17.3. The smallest absolute Gasteiger partial charge is 0.385 e. The molecule has 1 aromatic heterocycles. The summed E-state index contributed by atoms with van der Waals surface area (Å²) in [5.41, 5.74) is 5.11. The highest BCUT2D eigenvalue weighted by molar-refractivity contribution is 5.99. The van der Waals surface area contributed by atoms with E-state index in [0.717, 1.165) is 6.92 Å². The molecule has 15 heteroatoms. The lowest BCUT2D eigenvalue weighted by molar-refractivity contribution is -0.202. The van der Waals surface area contributed by atoms with E-state index in [1.807, 2.05) is 5.32 Å². The third-order valence-electron chi connectivity index (χ3n) is 3.87. The molecular formula is C18H20F3N5O7. The molecule has 3 atom stereocenters. The highest BCUT2D eigenvalue weighted by Gasteiger charge is 2.43. The number of halogens is 3. The second-order valence-corrected chi connectivity index (χ2v) is 6.60. The summed E-state index contributed by atoms with van der Waals surface area (Å²) < 4.78 is 40.4. The van der Waals surface area contributed by atoms with E-state index in [2.05, 4.69) is 20.4 Å². The van der Waals surface area contributed by atoms with Crippen molar-refractivity contribution in [3.8, 4) is 0 Å². The van der Waals surface area contributed by atoms with Crippen LogP contribution in [0.4, 0.5) is 13.2 Å². The van der Waals surface area contributed by atoms with Crippen LogP contribution in [0.25, 0.3) is 0 Å². The number of primary amides is 1. The average molecular weight is 475 g/mol. The van der Waals surface area contributed by atoms with E-state index in [1.54, 1.807) is 0 Å². The molecule has 0 saturated carbocycles. The van der Waals surface area contributed by atoms with E-state index in [9.17, 15) is 41.9 Å². The van der Waals surface area contributed by atoms with Crippen molar-refractivity contribution in [2.45, 2.75) is 44.6 Å². The fraction of sp³-hybridized carbons (Fsp3) is 0.389. The number of hydrogen-bond donors (Lipinski definition) is 4. The number of ether oxygens (including phenoxy) is 1. The Morgan fingerprint density at radius 1 is 0.970 bits per heavy atom. The number of alkyl halides is 3. The molecule has 0 unspecified atom stereocenters. The van der Waals surface area contributed by atoms with Crippen LogP contribution < -0.4 is 21.7 Å². The van der Waals surface area contributed by atoms with E-state index in [1.165, 1.54) is 31.5 Å². The predicted molar refractivity (Wildman–Crippen MR) is 102 cm³/mol. The first-order valence-corrected chi connectivity index (χ1v) is 9.15. The van der Waals surface area contributed by atoms with Crippen molar-refractivity contribution >= 4 is 35.6 Å². The minimum absolute atomic E-state index is 0.219. The first kappa shape index (κ1) is 27.0. The molecule has 0 aliphatic carbocycles. The van der Waals surface area contributed by atoms with E-state index in [0.29, 0.717) is 0 Å². The fourth-order valence-electron chi connectivity index (χ4n) is 2.16. The number of nitrogens with one attached hydrogen (secondary N) is 3. The number of nitrogens with two attached hydrogens (primary N) is 1. The van der Waals surface area contributed by atoms with Crippen molar-refractivity contribution in [1.82, 2.24) is 20.9 Å². The van der Waals surface area contributed by atoms with Crippen LogP contribution in [0.3, 0.4) is 0 Å². The highest BCUT2D eigenvalue weighted by atomic mass is 19.4. The van der Waals surface area contributed by atoms with Crippen molar-refractivity contribution in [3.05, 3.63) is 30.1 Å². The standard InChI is InChI=1S/C18H20F3N5O7/c1-8(25-15(30)10-3-5-23-6-4-10)13(28)24-9(2)14(29)26-11(7-12(22)27)16(31)33-17(32)18(19,20)21/h3-6,8-9,11H,7H2,1-2H3,(H2,22,27)(H,24,28)(H,25,30)(H,26,29)/t8-,9-,11-/m0/s1. The topological polar surface area (TPSA) is 187 Å². The summed E-state index contributed by atoms with van der Waals surface area (Å²) in [6, 6.07) is -1.71. The minimum Gasteiger partial charge on any atom is -0.385 e. The Morgan fingerprint density at radius 3 is 2.00 bits per heavy atom. The third kappa shape index (κ3) is 8.92. The summed E-state index contributed by atoms with van der Waals surface area (Å²) in [6.45, 7) is 2.47. The van der Waals surface area contributed by atoms with Crippen molar-refractivity contribution in [2.75, 3.05) is 0 Å². The van der Waals surface area contributed by atoms with Gasteiger partial charge in [-0.05, 0) is 26.0 Å². The molecule has 0 bridgehead atoms. The molecule has 0 saturated heterocycles. The van der Waals surface area contributed by atoms with Gasteiger partial charge in [0.15, 0.2) is 0 Å². The van der Waals surface area contributed by atoms with Crippen LogP contribution in [-0.2, 0) is 28.7 Å². The van der Waals surface area contributed by atoms with Gasteiger partial charge in [-0.25, -0.2) is 9.59 Å². The lowest BCUT2D eigenvalue weighted by atomic mass is 10.1. The molecule has 0 aromatic carbocycles. The zero-order valence-electron chi connectivity index (χ0n) is 17.3. The first-order valence-electron chi connectivity index (χ1n) is 9.15. The molecule has 0 fully saturated rings. The van der Waals surface area contributed by atoms with E-state index >= 15 is 0 Å². The van der Waals surface area contributed by atoms with Crippen molar-refractivity contribution in [2.24, 2.45) is 5.73 Å². The van der Waals surface area contributed by atoms with Crippen LogP contribution in [0, 0.1) is 0 Å². The van der Waals surface area contributed by atoms with Crippen molar-refractivity contribution in [3.63, 3.8) is 0 Å². The number of esters is 2. The molecule has 0 spiro atoms. The molecule has 0 aliphatic heterocycles. The van der Waals surface area contributed by atoms with Crippen LogP contribution in [0.15, 0.2) is 24.5 Å². The maximum absolute atomic E-state index is 12.3. The number of carbonyl (C=O) groups is 6. The van der Waals surface area contributed by atoms with E-state index < -0.39 is 66.3 Å². The number of rotatable bonds is 9. The summed E-state index contributed by atoms with van der Waals surface area (Å²) in [5.74, 6) is -8.45. The Balaban J connectivity index is 2.72. The Bertz CT molecular complexity index is 924. The monoisotopic (exact) mass is 475 g/mol. The maximum Gasteiger partial charge on any atom is 0.491 e. The lowest BCUT2D eigenvalue weighted by Crippen LogP contribution is -2.55. The van der Waals surface area contributed by atoms with Gasteiger partial charge in [0, 0.05) is 18.0 Å². The highest BCUT2D eigenvalue weighted by Crippen LogP contribution is 2.17. The predicted octanol–water partition coefficient (Wildman–Crippen LogP) is -1.30. The van der Waals surface area contributed by atoms with Crippen molar-refractivity contribution in [1.29, 1.82) is 0 Å². The maximum atomic E-state index is 12.3. The molecule has 4 amide bonds. The van der Waals surface area contributed by atoms with Crippen LogP contribution in [0.5, 0.6) is 0 Å². The molecule has 0 radical (unpaired) electrons. The molecule has 1 heterocycles. The Hall–Kier alpha value is -4.04. The van der Waals surface area contributed by atoms with Gasteiger partial charge in [0.1, 0.15) is 18.1 Å². The van der Waals surface area contributed by atoms with Gasteiger partial charge in [-0.2, -0.15) is 13.2 Å². The number of aromatic nitrogens is 1. The van der Waals surface area contributed by atoms with Gasteiger partial charge < -0.3 is 26.4 Å². The molecule has 1 rings (SSSR count). The number of pyridine rings is 1. The van der Waals surface area contributed by atoms with Crippen LogP contribution in [-0.4, -0.2) is 64.9 Å². The second-order valence-electron chi connectivity index (χ2n) is 6.60. The molecule has 0 aliphatic rings. The zero-order chi connectivity index (χ0) is 25.3. The van der Waals surface area contributed by atoms with E-state index in [4.69, 9.17) is 5.73 Å². The Labute approximate surface area is 184 Å². The van der Waals surface area contributed by atoms with Gasteiger partial charge in [-0.3, -0.25) is 24.2 Å². The Morgan fingerprint density at radius 2 is 1.48 bits per heavy atom. The van der Waals surface area contributed by atoms with E-state index in [-0.39, 0.29) is 5.56 Å². The number of amides is 4. The second kappa shape index (κ2) is 11.5. The number of carbonyl (C=O) groups excluding carboxylic acids is 6. The van der Waals surface area contributed by atoms with Gasteiger partial charge in [0.25, 0.3) is 5.91 Å². The van der Waals surface area contributed by atoms with Crippen LogP contribution >= 0.6 is 0 Å². The van der Waals surface area contributed by atoms with Gasteiger partial charge in [0.05, 0.1) is 6.42 Å². The van der Waals surface area contributed by atoms with Gasteiger partial charge >= 0.3 is 18.1 Å². The van der Waals surface area contributed by atoms with Crippen LogP contribution in [0.1, 0.15) is 30.6 Å². The SMILES string of the molecule is C[C@H](NC(=O)c1ccncc1)C(=O)N[C@@H](C)C(=O)N[C@@H](CC(N)=O)C(=O)OC(=O)C(F)(F)F. The number of hydrogen-bond acceptors (Lipinski definition) is 8. The molecule has 5 N–H and O–H groups in total. The lowest BCUT2D eigenvalue weighted by Gasteiger charge is -2.21. The van der Waals surface area contributed by atoms with Crippen molar-refractivity contribution < 1.29 is 46.7 Å². The third-order valence-corrected chi connectivity index (χ3v) is 3.87. The van der Waals surface area contributed by atoms with Crippen LogP contribution in [0.2, 0.25) is 0 Å². The molecule has 1 aromatic rings. The summed E-state index contributed by atoms with van der Waals surface area (Å²) in [4.78, 5) is 73.9. The minimum atomic E-state index is -5.49. The number of nitrogens with zero attached hydrogens (tertiary/aromatic N) is 1.